The number of carbonyl (C=O) groups excluding carboxylic acids is 1. The van der Waals surface area contributed by atoms with Crippen LogP contribution in [0.2, 0.25) is 5.02 Å². The lowest BCUT2D eigenvalue weighted by atomic mass is 10.1. The Bertz CT molecular complexity index is 1070. The van der Waals surface area contributed by atoms with Crippen molar-refractivity contribution in [3.63, 3.8) is 0 Å². The second-order valence-electron chi connectivity index (χ2n) is 6.54. The third kappa shape index (κ3) is 3.98. The highest BCUT2D eigenvalue weighted by atomic mass is 35.5. The average Bonchev–Trinajstić information content (AvgIpc) is 3.09. The van der Waals surface area contributed by atoms with Crippen LogP contribution in [0, 0.1) is 0 Å². The molecule has 5 nitrogen and oxygen atoms in total. The summed E-state index contributed by atoms with van der Waals surface area (Å²) < 4.78 is 7.70. The van der Waals surface area contributed by atoms with Crippen LogP contribution < -0.4 is 14.9 Å². The molecule has 1 amide bonds. The first-order chi connectivity index (χ1) is 13.6. The number of ether oxygens (including phenoxy) is 1. The molecular weight excluding hydrogens is 394 g/mol. The van der Waals surface area contributed by atoms with Gasteiger partial charge in [0.25, 0.3) is 5.91 Å². The summed E-state index contributed by atoms with van der Waals surface area (Å²) >= 11 is 7.59. The zero-order valence-electron chi connectivity index (χ0n) is 15.4. The molecule has 3 aromatic rings. The number of carbonyl (C=O) groups is 1. The minimum atomic E-state index is -0.132. The number of rotatable bonds is 5. The predicted molar refractivity (Wildman–Crippen MR) is 113 cm³/mol. The first-order valence-electron chi connectivity index (χ1n) is 9.20. The Balaban J connectivity index is 1.77. The van der Waals surface area contributed by atoms with Crippen LogP contribution in [0.3, 0.4) is 0 Å². The van der Waals surface area contributed by atoms with Gasteiger partial charge >= 0.3 is 0 Å². The smallest absolute Gasteiger partial charge is 0.262 e. The molecule has 1 aliphatic heterocycles. The summed E-state index contributed by atoms with van der Waals surface area (Å²) in [6.45, 7) is 3.11. The lowest BCUT2D eigenvalue weighted by molar-refractivity contribution is -0.118. The maximum Gasteiger partial charge on any atom is 0.262 e. The van der Waals surface area contributed by atoms with E-state index in [4.69, 9.17) is 21.3 Å². The van der Waals surface area contributed by atoms with Gasteiger partial charge in [0.2, 0.25) is 0 Å². The van der Waals surface area contributed by atoms with Crippen LogP contribution in [0.5, 0.6) is 5.75 Å². The van der Waals surface area contributed by atoms with Gasteiger partial charge < -0.3 is 14.6 Å². The van der Waals surface area contributed by atoms with Crippen molar-refractivity contribution in [1.82, 2.24) is 4.57 Å². The Kier molecular flexibility index (Phi) is 5.50. The van der Waals surface area contributed by atoms with Crippen molar-refractivity contribution in [1.29, 1.82) is 0 Å². The fourth-order valence-electron chi connectivity index (χ4n) is 3.05. The molecule has 144 valence electrons. The van der Waals surface area contributed by atoms with E-state index >= 15 is 0 Å². The zero-order chi connectivity index (χ0) is 19.5. The van der Waals surface area contributed by atoms with E-state index in [9.17, 15) is 4.79 Å². The van der Waals surface area contributed by atoms with Crippen LogP contribution in [-0.2, 0) is 11.3 Å². The van der Waals surface area contributed by atoms with Gasteiger partial charge in [0.05, 0.1) is 17.1 Å². The number of unbranched alkanes of at least 4 members (excludes halogenated alkanes) is 1. The molecule has 0 saturated heterocycles. The summed E-state index contributed by atoms with van der Waals surface area (Å²) in [7, 11) is 0. The molecule has 0 atom stereocenters. The van der Waals surface area contributed by atoms with Crippen LogP contribution >= 0.6 is 22.9 Å². The molecule has 2 aromatic carbocycles. The van der Waals surface area contributed by atoms with Crippen LogP contribution in [0.15, 0.2) is 52.8 Å². The van der Waals surface area contributed by atoms with Crippen molar-refractivity contribution in [2.45, 2.75) is 26.3 Å². The SMILES string of the molecule is CCCCn1c(-c2ccc3c(c2)NC(=O)CO3)csc1=Nc1ccc(Cl)cc1. The van der Waals surface area contributed by atoms with Crippen molar-refractivity contribution in [3.05, 3.63) is 57.7 Å². The summed E-state index contributed by atoms with van der Waals surface area (Å²) in [5.74, 6) is 0.567. The molecule has 0 fully saturated rings. The van der Waals surface area contributed by atoms with E-state index in [2.05, 4.69) is 22.2 Å². The predicted octanol–water partition coefficient (Wildman–Crippen LogP) is 5.23. The van der Waals surface area contributed by atoms with Gasteiger partial charge in [0.1, 0.15) is 5.75 Å². The van der Waals surface area contributed by atoms with E-state index in [1.807, 2.05) is 42.5 Å². The van der Waals surface area contributed by atoms with E-state index in [-0.39, 0.29) is 12.5 Å². The van der Waals surface area contributed by atoms with Crippen molar-refractivity contribution >= 4 is 40.2 Å². The Labute approximate surface area is 172 Å². The molecule has 1 aliphatic rings. The lowest BCUT2D eigenvalue weighted by Crippen LogP contribution is -2.25. The van der Waals surface area contributed by atoms with Gasteiger partial charge in [-0.15, -0.1) is 11.3 Å². The highest BCUT2D eigenvalue weighted by Crippen LogP contribution is 2.33. The molecule has 1 N–H and O–H groups in total. The number of hydrogen-bond donors (Lipinski definition) is 1. The number of fused-ring (bicyclic) bond motifs is 1. The van der Waals surface area contributed by atoms with E-state index in [0.717, 1.165) is 41.1 Å². The molecule has 28 heavy (non-hydrogen) atoms. The molecule has 0 aliphatic carbocycles. The van der Waals surface area contributed by atoms with E-state index in [0.29, 0.717) is 16.5 Å². The minimum Gasteiger partial charge on any atom is -0.482 e. The number of amides is 1. The van der Waals surface area contributed by atoms with Gasteiger partial charge in [-0.2, -0.15) is 0 Å². The summed E-state index contributed by atoms with van der Waals surface area (Å²) in [4.78, 5) is 17.4. The second kappa shape index (κ2) is 8.20. The normalized spacial score (nSPS) is 13.8. The zero-order valence-corrected chi connectivity index (χ0v) is 17.0. The summed E-state index contributed by atoms with van der Waals surface area (Å²) in [5, 5.41) is 5.68. The standard InChI is InChI=1S/C21H20ClN3O2S/c1-2-3-10-25-18(13-28-21(25)23-16-7-5-15(22)6-8-16)14-4-9-19-17(11-14)24-20(26)12-27-19/h4-9,11,13H,2-3,10,12H2,1H3,(H,24,26). The first-order valence-corrected chi connectivity index (χ1v) is 10.5. The Morgan fingerprint density at radius 1 is 1.25 bits per heavy atom. The van der Waals surface area contributed by atoms with Crippen molar-refractivity contribution in [3.8, 4) is 17.0 Å². The number of nitrogens with zero attached hydrogens (tertiary/aromatic N) is 2. The molecular formula is C21H20ClN3O2S. The summed E-state index contributed by atoms with van der Waals surface area (Å²) in [6.07, 6.45) is 2.15. The van der Waals surface area contributed by atoms with Crippen LogP contribution in [0.4, 0.5) is 11.4 Å². The minimum absolute atomic E-state index is 0.0609. The highest BCUT2D eigenvalue weighted by Gasteiger charge is 2.17. The molecule has 0 radical (unpaired) electrons. The number of anilines is 1. The van der Waals surface area contributed by atoms with E-state index in [1.165, 1.54) is 0 Å². The number of hydrogen-bond acceptors (Lipinski definition) is 4. The molecule has 1 aromatic heterocycles. The Hall–Kier alpha value is -2.57. The molecule has 0 saturated carbocycles. The highest BCUT2D eigenvalue weighted by molar-refractivity contribution is 7.07. The van der Waals surface area contributed by atoms with Crippen molar-refractivity contribution in [2.75, 3.05) is 11.9 Å². The molecule has 0 spiro atoms. The van der Waals surface area contributed by atoms with Crippen LogP contribution in [0.25, 0.3) is 11.3 Å². The molecule has 0 bridgehead atoms. The van der Waals surface area contributed by atoms with Gasteiger partial charge in [0, 0.05) is 22.5 Å². The molecule has 7 heteroatoms. The summed E-state index contributed by atoms with van der Waals surface area (Å²) in [6, 6.07) is 13.4. The molecule has 2 heterocycles. The van der Waals surface area contributed by atoms with Crippen molar-refractivity contribution in [2.24, 2.45) is 4.99 Å². The molecule has 0 unspecified atom stereocenters. The number of nitrogens with one attached hydrogen (secondary N) is 1. The number of thiazole rings is 1. The summed E-state index contributed by atoms with van der Waals surface area (Å²) in [5.41, 5.74) is 3.68. The number of halogens is 1. The number of benzene rings is 2. The van der Waals surface area contributed by atoms with Gasteiger partial charge in [0.15, 0.2) is 11.4 Å². The van der Waals surface area contributed by atoms with E-state index < -0.39 is 0 Å². The fourth-order valence-corrected chi connectivity index (χ4v) is 4.13. The van der Waals surface area contributed by atoms with Gasteiger partial charge in [-0.1, -0.05) is 24.9 Å². The Morgan fingerprint density at radius 2 is 2.07 bits per heavy atom. The largest absolute Gasteiger partial charge is 0.482 e. The Morgan fingerprint density at radius 3 is 2.86 bits per heavy atom. The average molecular weight is 414 g/mol. The third-order valence-electron chi connectivity index (χ3n) is 4.49. The second-order valence-corrected chi connectivity index (χ2v) is 7.82. The monoisotopic (exact) mass is 413 g/mol. The van der Waals surface area contributed by atoms with Gasteiger partial charge in [-0.3, -0.25) is 4.79 Å². The van der Waals surface area contributed by atoms with E-state index in [1.54, 1.807) is 11.3 Å². The topological polar surface area (TPSA) is 55.6 Å². The maximum atomic E-state index is 11.6. The fraction of sp³-hybridized carbons (Fsp3) is 0.238. The lowest BCUT2D eigenvalue weighted by Gasteiger charge is -2.19. The van der Waals surface area contributed by atoms with Crippen LogP contribution in [-0.4, -0.2) is 17.1 Å². The molecule has 4 rings (SSSR count). The quantitative estimate of drug-likeness (QED) is 0.622. The third-order valence-corrected chi connectivity index (χ3v) is 5.61. The van der Waals surface area contributed by atoms with Gasteiger partial charge in [-0.05, 0) is 48.9 Å². The van der Waals surface area contributed by atoms with Crippen molar-refractivity contribution < 1.29 is 9.53 Å². The maximum absolute atomic E-state index is 11.6. The van der Waals surface area contributed by atoms with Gasteiger partial charge in [-0.25, -0.2) is 4.99 Å². The van der Waals surface area contributed by atoms with Crippen LogP contribution in [0.1, 0.15) is 19.8 Å². The first kappa shape index (κ1) is 18.8. The number of aromatic nitrogens is 1.